The first kappa shape index (κ1) is 14.8. The maximum atomic E-state index is 11.9. The highest BCUT2D eigenvalue weighted by molar-refractivity contribution is 9.10. The predicted molar refractivity (Wildman–Crippen MR) is 80.1 cm³/mol. The molecule has 0 atom stereocenters. The third-order valence-corrected chi connectivity index (χ3v) is 4.28. The zero-order chi connectivity index (χ0) is 14.8. The van der Waals surface area contributed by atoms with Gasteiger partial charge in [-0.1, -0.05) is 22.9 Å². The lowest BCUT2D eigenvalue weighted by molar-refractivity contribution is 0.0698. The Kier molecular flexibility index (Phi) is 4.32. The van der Waals surface area contributed by atoms with Gasteiger partial charge >= 0.3 is 12.0 Å². The maximum absolute atomic E-state index is 11.9. The number of hydrogen-bond donors (Lipinski definition) is 3. The van der Waals surface area contributed by atoms with E-state index in [9.17, 15) is 9.59 Å². The highest BCUT2D eigenvalue weighted by Gasteiger charge is 2.40. The molecule has 0 heterocycles. The maximum Gasteiger partial charge on any atom is 0.337 e. The van der Waals surface area contributed by atoms with E-state index in [0.717, 1.165) is 19.3 Å². The Morgan fingerprint density at radius 2 is 2.10 bits per heavy atom. The van der Waals surface area contributed by atoms with Crippen molar-refractivity contribution in [2.45, 2.75) is 26.2 Å². The van der Waals surface area contributed by atoms with Crippen LogP contribution in [-0.2, 0) is 0 Å². The monoisotopic (exact) mass is 340 g/mol. The zero-order valence-electron chi connectivity index (χ0n) is 11.2. The molecule has 1 fully saturated rings. The van der Waals surface area contributed by atoms with Crippen LogP contribution in [0.2, 0.25) is 0 Å². The van der Waals surface area contributed by atoms with Gasteiger partial charge in [0.1, 0.15) is 0 Å². The van der Waals surface area contributed by atoms with Crippen LogP contribution < -0.4 is 10.6 Å². The molecule has 1 saturated carbocycles. The van der Waals surface area contributed by atoms with Crippen LogP contribution in [0.25, 0.3) is 0 Å². The number of urea groups is 1. The molecule has 5 nitrogen and oxygen atoms in total. The quantitative estimate of drug-likeness (QED) is 0.767. The van der Waals surface area contributed by atoms with Crippen molar-refractivity contribution >= 4 is 33.6 Å². The third kappa shape index (κ3) is 3.50. The van der Waals surface area contributed by atoms with Crippen molar-refractivity contribution in [3.8, 4) is 0 Å². The Morgan fingerprint density at radius 1 is 1.40 bits per heavy atom. The summed E-state index contributed by atoms with van der Waals surface area (Å²) in [4.78, 5) is 23.0. The Labute approximate surface area is 125 Å². The number of amides is 2. The molecule has 1 aromatic carbocycles. The number of benzene rings is 1. The van der Waals surface area contributed by atoms with Crippen LogP contribution in [0.4, 0.5) is 10.5 Å². The first-order valence-electron chi connectivity index (χ1n) is 6.53. The van der Waals surface area contributed by atoms with Gasteiger partial charge in [-0.25, -0.2) is 9.59 Å². The summed E-state index contributed by atoms with van der Waals surface area (Å²) in [5, 5.41) is 14.5. The molecule has 0 spiro atoms. The van der Waals surface area contributed by atoms with Crippen molar-refractivity contribution in [1.82, 2.24) is 5.32 Å². The van der Waals surface area contributed by atoms with E-state index in [1.54, 1.807) is 12.1 Å². The molecule has 1 aliphatic carbocycles. The van der Waals surface area contributed by atoms with Gasteiger partial charge < -0.3 is 15.7 Å². The van der Waals surface area contributed by atoms with Crippen LogP contribution in [0.5, 0.6) is 0 Å². The van der Waals surface area contributed by atoms with E-state index >= 15 is 0 Å². The van der Waals surface area contributed by atoms with Gasteiger partial charge in [-0.15, -0.1) is 0 Å². The van der Waals surface area contributed by atoms with Crippen LogP contribution in [-0.4, -0.2) is 23.7 Å². The lowest BCUT2D eigenvalue weighted by Gasteiger charge is -2.15. The molecule has 2 rings (SSSR count). The van der Waals surface area contributed by atoms with Crippen LogP contribution in [0.1, 0.15) is 36.5 Å². The van der Waals surface area contributed by atoms with Gasteiger partial charge in [-0.3, -0.25) is 0 Å². The summed E-state index contributed by atoms with van der Waals surface area (Å²) in [6.45, 7) is 2.75. The summed E-state index contributed by atoms with van der Waals surface area (Å²) in [5.41, 5.74) is 0.607. The highest BCUT2D eigenvalue weighted by Crippen LogP contribution is 2.47. The number of aromatic carboxylic acids is 1. The highest BCUT2D eigenvalue weighted by atomic mass is 79.9. The molecular formula is C14H17BrN2O3. The van der Waals surface area contributed by atoms with E-state index in [4.69, 9.17) is 5.11 Å². The van der Waals surface area contributed by atoms with E-state index in [2.05, 4.69) is 33.5 Å². The molecule has 1 aliphatic rings. The van der Waals surface area contributed by atoms with E-state index in [-0.39, 0.29) is 22.7 Å². The van der Waals surface area contributed by atoms with Gasteiger partial charge in [-0.05, 0) is 42.9 Å². The Hall–Kier alpha value is -1.56. The van der Waals surface area contributed by atoms with E-state index < -0.39 is 5.97 Å². The molecule has 2 amide bonds. The molecule has 6 heteroatoms. The second-order valence-electron chi connectivity index (χ2n) is 5.16. The van der Waals surface area contributed by atoms with Gasteiger partial charge in [0.25, 0.3) is 0 Å². The number of nitrogens with one attached hydrogen (secondary N) is 2. The van der Waals surface area contributed by atoms with Crippen molar-refractivity contribution in [2.75, 3.05) is 11.9 Å². The summed E-state index contributed by atoms with van der Waals surface area (Å²) in [6, 6.07) is 4.29. The van der Waals surface area contributed by atoms with E-state index in [0.29, 0.717) is 11.0 Å². The van der Waals surface area contributed by atoms with Gasteiger partial charge in [0.15, 0.2) is 0 Å². The lowest BCUT2D eigenvalue weighted by atomic mass is 10.0. The second-order valence-corrected chi connectivity index (χ2v) is 6.07. The molecule has 1 aromatic rings. The van der Waals surface area contributed by atoms with E-state index in [1.165, 1.54) is 6.07 Å². The van der Waals surface area contributed by atoms with Gasteiger partial charge in [0.2, 0.25) is 0 Å². The number of carboxylic acids is 1. The number of halogens is 1. The SMILES string of the molecule is CCC1(CNC(=O)Nc2cc(Br)ccc2C(=O)O)CC1. The van der Waals surface area contributed by atoms with Crippen molar-refractivity contribution in [1.29, 1.82) is 0 Å². The first-order valence-corrected chi connectivity index (χ1v) is 7.33. The summed E-state index contributed by atoms with van der Waals surface area (Å²) >= 11 is 3.26. The van der Waals surface area contributed by atoms with Gasteiger partial charge in [0.05, 0.1) is 11.3 Å². The fourth-order valence-corrected chi connectivity index (χ4v) is 2.43. The molecule has 0 radical (unpaired) electrons. The molecule has 20 heavy (non-hydrogen) atoms. The predicted octanol–water partition coefficient (Wildman–Crippen LogP) is 3.46. The number of carbonyl (C=O) groups is 2. The summed E-state index contributed by atoms with van der Waals surface area (Å²) in [6.07, 6.45) is 3.33. The topological polar surface area (TPSA) is 78.4 Å². The smallest absolute Gasteiger partial charge is 0.337 e. The van der Waals surface area contributed by atoms with E-state index in [1.807, 2.05) is 0 Å². The Bertz CT molecular complexity index is 541. The van der Waals surface area contributed by atoms with Crippen LogP contribution >= 0.6 is 15.9 Å². The number of anilines is 1. The third-order valence-electron chi connectivity index (χ3n) is 3.79. The standard InChI is InChI=1S/C14H17BrN2O3/c1-2-14(5-6-14)8-16-13(20)17-11-7-9(15)3-4-10(11)12(18)19/h3-4,7H,2,5-6,8H2,1H3,(H,18,19)(H2,16,17,20). The minimum atomic E-state index is -1.07. The average Bonchev–Trinajstić information content (AvgIpc) is 3.17. The lowest BCUT2D eigenvalue weighted by Crippen LogP contribution is -2.34. The molecule has 3 N–H and O–H groups in total. The molecule has 108 valence electrons. The minimum absolute atomic E-state index is 0.0694. The van der Waals surface area contributed by atoms with Crippen molar-refractivity contribution in [2.24, 2.45) is 5.41 Å². The fraction of sp³-hybridized carbons (Fsp3) is 0.429. The number of rotatable bonds is 5. The summed E-state index contributed by atoms with van der Waals surface area (Å²) < 4.78 is 0.713. The van der Waals surface area contributed by atoms with Gasteiger partial charge in [0, 0.05) is 11.0 Å². The molecule has 0 unspecified atom stereocenters. The summed E-state index contributed by atoms with van der Waals surface area (Å²) in [5.74, 6) is -1.07. The second kappa shape index (κ2) is 5.83. The molecule has 0 aliphatic heterocycles. The molecular weight excluding hydrogens is 324 g/mol. The largest absolute Gasteiger partial charge is 0.478 e. The zero-order valence-corrected chi connectivity index (χ0v) is 12.8. The fourth-order valence-electron chi connectivity index (χ4n) is 2.07. The Balaban J connectivity index is 2.00. The first-order chi connectivity index (χ1) is 9.46. The van der Waals surface area contributed by atoms with Crippen molar-refractivity contribution < 1.29 is 14.7 Å². The number of hydrogen-bond acceptors (Lipinski definition) is 2. The van der Waals surface area contributed by atoms with Crippen molar-refractivity contribution in [3.63, 3.8) is 0 Å². The minimum Gasteiger partial charge on any atom is -0.478 e. The van der Waals surface area contributed by atoms with Crippen LogP contribution in [0.3, 0.4) is 0 Å². The van der Waals surface area contributed by atoms with Crippen LogP contribution in [0.15, 0.2) is 22.7 Å². The summed E-state index contributed by atoms with van der Waals surface area (Å²) in [7, 11) is 0. The number of carboxylic acid groups (broad SMARTS) is 1. The van der Waals surface area contributed by atoms with Gasteiger partial charge in [-0.2, -0.15) is 0 Å². The average molecular weight is 341 g/mol. The van der Waals surface area contributed by atoms with Crippen molar-refractivity contribution in [3.05, 3.63) is 28.2 Å². The molecule has 0 bridgehead atoms. The number of carbonyl (C=O) groups excluding carboxylic acids is 1. The molecule has 0 saturated heterocycles. The Morgan fingerprint density at radius 3 is 2.65 bits per heavy atom. The van der Waals surface area contributed by atoms with Crippen LogP contribution in [0, 0.1) is 5.41 Å². The molecule has 0 aromatic heterocycles. The normalized spacial score (nSPS) is 15.5.